The minimum absolute atomic E-state index is 0.180. The second-order valence-electron chi connectivity index (χ2n) is 8.31. The van der Waals surface area contributed by atoms with Gasteiger partial charge in [0.05, 0.1) is 19.8 Å². The second kappa shape index (κ2) is 8.97. The number of hydrogen-bond acceptors (Lipinski definition) is 4. The van der Waals surface area contributed by atoms with Crippen molar-refractivity contribution in [2.45, 2.75) is 31.3 Å². The van der Waals surface area contributed by atoms with Gasteiger partial charge in [0.25, 0.3) is 0 Å². The normalized spacial score (nSPS) is 24.9. The molecule has 0 amide bonds. The number of nitrogens with zero attached hydrogens (tertiary/aromatic N) is 1. The first-order valence-corrected chi connectivity index (χ1v) is 10.1. The minimum atomic E-state index is -0.816. The Kier molecular flexibility index (Phi) is 6.63. The molecule has 0 saturated heterocycles. The summed E-state index contributed by atoms with van der Waals surface area (Å²) < 4.78 is 10.8. The van der Waals surface area contributed by atoms with Crippen LogP contribution in [-0.4, -0.2) is 44.9 Å². The van der Waals surface area contributed by atoms with Crippen molar-refractivity contribution in [1.29, 1.82) is 0 Å². The molecule has 3 rings (SSSR count). The van der Waals surface area contributed by atoms with Crippen LogP contribution in [0.4, 0.5) is 0 Å². The molecule has 1 aliphatic carbocycles. The minimum Gasteiger partial charge on any atom is -0.497 e. The van der Waals surface area contributed by atoms with Crippen LogP contribution in [0, 0.1) is 11.8 Å². The van der Waals surface area contributed by atoms with E-state index >= 15 is 0 Å². The molecule has 1 aliphatic rings. The van der Waals surface area contributed by atoms with Crippen LogP contribution in [0.3, 0.4) is 0 Å². The Hall–Kier alpha value is -2.04. The van der Waals surface area contributed by atoms with E-state index in [2.05, 4.69) is 37.2 Å². The van der Waals surface area contributed by atoms with Crippen molar-refractivity contribution in [1.82, 2.24) is 4.90 Å². The first-order valence-electron chi connectivity index (χ1n) is 10.1. The third-order valence-electron chi connectivity index (χ3n) is 6.04. The molecule has 4 heteroatoms. The molecule has 2 aromatic carbocycles. The average Bonchev–Trinajstić information content (AvgIpc) is 2.70. The highest BCUT2D eigenvalue weighted by molar-refractivity contribution is 5.34. The summed E-state index contributed by atoms with van der Waals surface area (Å²) in [6, 6.07) is 16.3. The van der Waals surface area contributed by atoms with Crippen LogP contribution < -0.4 is 9.47 Å². The van der Waals surface area contributed by atoms with Crippen LogP contribution >= 0.6 is 0 Å². The zero-order chi connectivity index (χ0) is 20.1. The number of hydrogen-bond donors (Lipinski definition) is 1. The highest BCUT2D eigenvalue weighted by Gasteiger charge is 2.43. The number of aliphatic hydroxyl groups is 1. The fourth-order valence-corrected chi connectivity index (χ4v) is 4.60. The summed E-state index contributed by atoms with van der Waals surface area (Å²) in [5.41, 5.74) is 1.46. The molecule has 1 fully saturated rings. The predicted octanol–water partition coefficient (Wildman–Crippen LogP) is 4.11. The Bertz CT molecular complexity index is 776. The van der Waals surface area contributed by atoms with Gasteiger partial charge in [0.15, 0.2) is 0 Å². The van der Waals surface area contributed by atoms with Gasteiger partial charge in [-0.1, -0.05) is 24.3 Å². The number of benzene rings is 2. The van der Waals surface area contributed by atoms with Crippen molar-refractivity contribution in [3.63, 3.8) is 0 Å². The van der Waals surface area contributed by atoms with Crippen molar-refractivity contribution in [3.05, 3.63) is 59.7 Å². The van der Waals surface area contributed by atoms with E-state index in [0.29, 0.717) is 5.92 Å². The van der Waals surface area contributed by atoms with Gasteiger partial charge in [0, 0.05) is 12.5 Å². The van der Waals surface area contributed by atoms with E-state index in [-0.39, 0.29) is 5.92 Å². The monoisotopic (exact) mass is 383 g/mol. The lowest BCUT2D eigenvalue weighted by Crippen LogP contribution is -2.45. The highest BCUT2D eigenvalue weighted by atomic mass is 16.5. The molecule has 4 nitrogen and oxygen atoms in total. The average molecular weight is 384 g/mol. The molecular formula is C24H33NO3. The molecule has 3 atom stereocenters. The van der Waals surface area contributed by atoms with E-state index in [4.69, 9.17) is 9.47 Å². The molecule has 0 aromatic heterocycles. The Labute approximate surface area is 169 Å². The van der Waals surface area contributed by atoms with Gasteiger partial charge in [0.1, 0.15) is 11.5 Å². The van der Waals surface area contributed by atoms with Gasteiger partial charge in [-0.3, -0.25) is 0 Å². The van der Waals surface area contributed by atoms with Crippen molar-refractivity contribution in [3.8, 4) is 11.5 Å². The predicted molar refractivity (Wildman–Crippen MR) is 113 cm³/mol. The maximum atomic E-state index is 11.7. The summed E-state index contributed by atoms with van der Waals surface area (Å²) in [7, 11) is 7.54. The van der Waals surface area contributed by atoms with Gasteiger partial charge in [-0.25, -0.2) is 0 Å². The Morgan fingerprint density at radius 1 is 1.04 bits per heavy atom. The zero-order valence-electron chi connectivity index (χ0n) is 17.5. The summed E-state index contributed by atoms with van der Waals surface area (Å²) >= 11 is 0. The van der Waals surface area contributed by atoms with Crippen LogP contribution in [0.25, 0.3) is 0 Å². The van der Waals surface area contributed by atoms with Crippen molar-refractivity contribution in [2.75, 3.05) is 34.9 Å². The van der Waals surface area contributed by atoms with Gasteiger partial charge in [-0.05, 0) is 81.1 Å². The van der Waals surface area contributed by atoms with Gasteiger partial charge in [0.2, 0.25) is 0 Å². The zero-order valence-corrected chi connectivity index (χ0v) is 17.5. The fraction of sp³-hybridized carbons (Fsp3) is 0.500. The molecule has 3 unspecified atom stereocenters. The van der Waals surface area contributed by atoms with Crippen LogP contribution in [0.1, 0.15) is 30.4 Å². The lowest BCUT2D eigenvalue weighted by atomic mass is 9.66. The molecule has 1 N–H and O–H groups in total. The smallest absolute Gasteiger partial charge is 0.119 e. The fourth-order valence-electron chi connectivity index (χ4n) is 4.60. The Morgan fingerprint density at radius 2 is 1.71 bits per heavy atom. The first kappa shape index (κ1) is 20.7. The molecule has 152 valence electrons. The Balaban J connectivity index is 1.80. The third kappa shape index (κ3) is 4.68. The summed E-state index contributed by atoms with van der Waals surface area (Å²) in [6.07, 6.45) is 3.81. The quantitative estimate of drug-likeness (QED) is 0.781. The van der Waals surface area contributed by atoms with Crippen LogP contribution in [0.15, 0.2) is 48.5 Å². The molecule has 1 saturated carbocycles. The van der Waals surface area contributed by atoms with E-state index in [1.807, 2.05) is 30.3 Å². The van der Waals surface area contributed by atoms with Crippen LogP contribution in [0.2, 0.25) is 0 Å². The number of ether oxygens (including phenoxy) is 2. The van der Waals surface area contributed by atoms with Crippen LogP contribution in [-0.2, 0) is 12.0 Å². The van der Waals surface area contributed by atoms with Crippen molar-refractivity contribution >= 4 is 0 Å². The maximum Gasteiger partial charge on any atom is 0.119 e. The standard InChI is InChI=1S/C24H33NO3/c1-25(2)17-21-14-19(13-18-7-5-9-22(15-18)27-3)11-12-24(21,26)20-8-6-10-23(16-20)28-4/h5-10,15-16,19,21,26H,11-14,17H2,1-4H3. The molecule has 0 aliphatic heterocycles. The number of rotatable bonds is 7. The summed E-state index contributed by atoms with van der Waals surface area (Å²) in [5.74, 6) is 2.45. The highest BCUT2D eigenvalue weighted by Crippen LogP contribution is 2.45. The lowest BCUT2D eigenvalue weighted by Gasteiger charge is -2.44. The molecule has 0 heterocycles. The number of methoxy groups -OCH3 is 2. The molecule has 2 aromatic rings. The molecule has 28 heavy (non-hydrogen) atoms. The van der Waals surface area contributed by atoms with E-state index in [1.165, 1.54) is 5.56 Å². The topological polar surface area (TPSA) is 41.9 Å². The molecule has 0 radical (unpaired) electrons. The molecule has 0 bridgehead atoms. The van der Waals surface area contributed by atoms with Crippen molar-refractivity contribution < 1.29 is 14.6 Å². The Morgan fingerprint density at radius 3 is 2.39 bits per heavy atom. The van der Waals surface area contributed by atoms with Gasteiger partial charge in [-0.15, -0.1) is 0 Å². The largest absolute Gasteiger partial charge is 0.497 e. The van der Waals surface area contributed by atoms with Crippen LogP contribution in [0.5, 0.6) is 11.5 Å². The first-order chi connectivity index (χ1) is 13.4. The van der Waals surface area contributed by atoms with E-state index < -0.39 is 5.60 Å². The van der Waals surface area contributed by atoms with Gasteiger partial charge < -0.3 is 19.5 Å². The van der Waals surface area contributed by atoms with Gasteiger partial charge in [-0.2, -0.15) is 0 Å². The maximum absolute atomic E-state index is 11.7. The lowest BCUT2D eigenvalue weighted by molar-refractivity contribution is -0.0753. The van der Waals surface area contributed by atoms with E-state index in [1.54, 1.807) is 14.2 Å². The van der Waals surface area contributed by atoms with E-state index in [0.717, 1.165) is 49.3 Å². The SMILES string of the molecule is COc1cccc(CC2CCC(O)(c3cccc(OC)c3)C(CN(C)C)C2)c1. The second-order valence-corrected chi connectivity index (χ2v) is 8.31. The summed E-state index contributed by atoms with van der Waals surface area (Å²) in [4.78, 5) is 2.18. The van der Waals surface area contributed by atoms with Gasteiger partial charge >= 0.3 is 0 Å². The molecular weight excluding hydrogens is 350 g/mol. The third-order valence-corrected chi connectivity index (χ3v) is 6.04. The van der Waals surface area contributed by atoms with Crippen molar-refractivity contribution in [2.24, 2.45) is 11.8 Å². The summed E-state index contributed by atoms with van der Waals surface area (Å²) in [5, 5.41) is 11.7. The molecule has 0 spiro atoms. The van der Waals surface area contributed by atoms with E-state index in [9.17, 15) is 5.11 Å². The summed E-state index contributed by atoms with van der Waals surface area (Å²) in [6.45, 7) is 0.863.